The van der Waals surface area contributed by atoms with Crippen LogP contribution in [0, 0.1) is 0 Å². The van der Waals surface area contributed by atoms with Gasteiger partial charge in [0, 0.05) is 19.4 Å². The Balaban J connectivity index is 1.69. The number of aromatic amines is 1. The maximum Gasteiger partial charge on any atom is 0.388 e. The molecule has 3 rings (SSSR count). The van der Waals surface area contributed by atoms with Crippen molar-refractivity contribution < 1.29 is 23.0 Å². The fourth-order valence-corrected chi connectivity index (χ4v) is 2.52. The first-order chi connectivity index (χ1) is 13.1. The first kappa shape index (κ1) is 18.5. The van der Waals surface area contributed by atoms with Gasteiger partial charge in [-0.25, -0.2) is 9.78 Å². The van der Waals surface area contributed by atoms with Crippen LogP contribution in [-0.2, 0) is 4.74 Å². The highest BCUT2D eigenvalue weighted by Crippen LogP contribution is 2.24. The van der Waals surface area contributed by atoms with Gasteiger partial charge in [0.05, 0.1) is 23.6 Å². The topological polar surface area (TPSA) is 101 Å². The Morgan fingerprint density at radius 3 is 2.78 bits per heavy atom. The summed E-state index contributed by atoms with van der Waals surface area (Å²) < 4.78 is 34.1. The summed E-state index contributed by atoms with van der Waals surface area (Å²) in [5, 5.41) is 11.9. The van der Waals surface area contributed by atoms with Crippen LogP contribution in [0.1, 0.15) is 11.6 Å². The number of hydrogen-bond acceptors (Lipinski definition) is 5. The van der Waals surface area contributed by atoms with Crippen molar-refractivity contribution in [2.45, 2.75) is 12.7 Å². The van der Waals surface area contributed by atoms with Crippen molar-refractivity contribution in [1.82, 2.24) is 20.5 Å². The Morgan fingerprint density at radius 2 is 2.07 bits per heavy atom. The summed E-state index contributed by atoms with van der Waals surface area (Å²) in [6.45, 7) is -2.70. The number of aromatic nitrogens is 3. The molecular formula is C17H17F2N5O3. The van der Waals surface area contributed by atoms with Crippen LogP contribution in [-0.4, -0.2) is 41.5 Å². The summed E-state index contributed by atoms with van der Waals surface area (Å²) in [5.74, 6) is -0.0378. The molecule has 142 valence electrons. The van der Waals surface area contributed by atoms with E-state index in [1.807, 2.05) is 30.3 Å². The second-order valence-electron chi connectivity index (χ2n) is 5.54. The molecule has 0 bridgehead atoms. The van der Waals surface area contributed by atoms with Gasteiger partial charge in [-0.1, -0.05) is 30.3 Å². The predicted molar refractivity (Wildman–Crippen MR) is 93.7 cm³/mol. The zero-order chi connectivity index (χ0) is 19.2. The molecule has 0 aliphatic heterocycles. The zero-order valence-electron chi connectivity index (χ0n) is 14.3. The van der Waals surface area contributed by atoms with Crippen LogP contribution >= 0.6 is 0 Å². The van der Waals surface area contributed by atoms with Crippen LogP contribution < -0.4 is 15.4 Å². The first-order valence-electron chi connectivity index (χ1n) is 7.97. The highest BCUT2D eigenvalue weighted by atomic mass is 19.3. The lowest BCUT2D eigenvalue weighted by molar-refractivity contribution is -0.0519. The molecule has 1 aromatic carbocycles. The molecular weight excluding hydrogens is 360 g/mol. The Morgan fingerprint density at radius 1 is 1.30 bits per heavy atom. The minimum absolute atomic E-state index is 0.219. The molecule has 10 heteroatoms. The molecule has 2 aromatic heterocycles. The Kier molecular flexibility index (Phi) is 5.77. The van der Waals surface area contributed by atoms with Gasteiger partial charge >= 0.3 is 12.6 Å². The molecule has 0 aliphatic carbocycles. The number of pyridine rings is 1. The van der Waals surface area contributed by atoms with Gasteiger partial charge in [0.1, 0.15) is 5.82 Å². The zero-order valence-corrected chi connectivity index (χ0v) is 14.3. The van der Waals surface area contributed by atoms with Crippen molar-refractivity contribution in [3.8, 4) is 5.88 Å². The van der Waals surface area contributed by atoms with Crippen molar-refractivity contribution in [1.29, 1.82) is 0 Å². The number of carbonyl (C=O) groups is 1. The van der Waals surface area contributed by atoms with Crippen molar-refractivity contribution in [2.24, 2.45) is 0 Å². The molecule has 0 fully saturated rings. The lowest BCUT2D eigenvalue weighted by atomic mass is 10.1. The maximum atomic E-state index is 12.3. The van der Waals surface area contributed by atoms with Crippen LogP contribution in [0.15, 0.2) is 42.6 Å². The molecule has 0 spiro atoms. The number of ether oxygens (including phenoxy) is 2. The second kappa shape index (κ2) is 8.41. The predicted octanol–water partition coefficient (Wildman–Crippen LogP) is 3.07. The van der Waals surface area contributed by atoms with E-state index in [-0.39, 0.29) is 23.1 Å². The molecule has 27 heavy (non-hydrogen) atoms. The standard InChI is InChI=1S/C17H17F2N5O3/c1-26-9-13(10-5-3-2-4-6-10)21-17(25)22-14-7-12-11(8-20-14)15(24-23-12)27-16(18)19/h2-8,13,16H,9H2,1H3,(H,23,24)(H2,20,21,22,25). The number of halogens is 2. The Labute approximate surface area is 152 Å². The summed E-state index contributed by atoms with van der Waals surface area (Å²) in [6.07, 6.45) is 1.29. The molecule has 8 nitrogen and oxygen atoms in total. The van der Waals surface area contributed by atoms with Crippen LogP contribution in [0.5, 0.6) is 5.88 Å². The number of anilines is 1. The summed E-state index contributed by atoms with van der Waals surface area (Å²) >= 11 is 0. The normalized spacial score (nSPS) is 12.1. The Hall–Kier alpha value is -3.27. The third-order valence-corrected chi connectivity index (χ3v) is 3.70. The highest BCUT2D eigenvalue weighted by molar-refractivity contribution is 5.92. The largest absolute Gasteiger partial charge is 0.415 e. The molecule has 3 aromatic rings. The van der Waals surface area contributed by atoms with Gasteiger partial charge < -0.3 is 14.8 Å². The second-order valence-corrected chi connectivity index (χ2v) is 5.54. The van der Waals surface area contributed by atoms with E-state index >= 15 is 0 Å². The number of benzene rings is 1. The first-order valence-corrected chi connectivity index (χ1v) is 7.97. The fourth-order valence-electron chi connectivity index (χ4n) is 2.52. The summed E-state index contributed by atoms with van der Waals surface area (Å²) in [5.41, 5.74) is 1.28. The van der Waals surface area contributed by atoms with Gasteiger partial charge in [-0.3, -0.25) is 10.4 Å². The van der Waals surface area contributed by atoms with Gasteiger partial charge in [0.15, 0.2) is 0 Å². The monoisotopic (exact) mass is 377 g/mol. The number of methoxy groups -OCH3 is 1. The quantitative estimate of drug-likeness (QED) is 0.587. The van der Waals surface area contributed by atoms with E-state index in [9.17, 15) is 13.6 Å². The van der Waals surface area contributed by atoms with Crippen LogP contribution in [0.4, 0.5) is 19.4 Å². The van der Waals surface area contributed by atoms with Gasteiger partial charge in [-0.05, 0) is 5.56 Å². The highest BCUT2D eigenvalue weighted by Gasteiger charge is 2.16. The molecule has 0 saturated heterocycles. The maximum absolute atomic E-state index is 12.3. The number of H-pyrrole nitrogens is 1. The number of hydrogen-bond donors (Lipinski definition) is 3. The SMILES string of the molecule is COCC(NC(=O)Nc1cc2[nH]nc(OC(F)F)c2cn1)c1ccccc1. The van der Waals surface area contributed by atoms with Crippen molar-refractivity contribution in [2.75, 3.05) is 19.0 Å². The summed E-state index contributed by atoms with van der Waals surface area (Å²) in [7, 11) is 1.54. The van der Waals surface area contributed by atoms with Crippen molar-refractivity contribution in [3.05, 3.63) is 48.2 Å². The molecule has 2 amide bonds. The molecule has 3 N–H and O–H groups in total. The van der Waals surface area contributed by atoms with Crippen LogP contribution in [0.2, 0.25) is 0 Å². The number of fused-ring (bicyclic) bond motifs is 1. The minimum Gasteiger partial charge on any atom is -0.415 e. The van der Waals surface area contributed by atoms with Crippen LogP contribution in [0.3, 0.4) is 0 Å². The molecule has 1 atom stereocenters. The van der Waals surface area contributed by atoms with Gasteiger partial charge in [0.25, 0.3) is 0 Å². The molecule has 2 heterocycles. The number of amides is 2. The smallest absolute Gasteiger partial charge is 0.388 e. The third kappa shape index (κ3) is 4.67. The van der Waals surface area contributed by atoms with Gasteiger partial charge in [-0.15, -0.1) is 5.10 Å². The van der Waals surface area contributed by atoms with E-state index in [4.69, 9.17) is 4.74 Å². The molecule has 0 aliphatic rings. The van der Waals surface area contributed by atoms with E-state index in [2.05, 4.69) is 30.6 Å². The fraction of sp³-hybridized carbons (Fsp3) is 0.235. The van der Waals surface area contributed by atoms with E-state index in [1.165, 1.54) is 12.3 Å². The number of nitrogens with one attached hydrogen (secondary N) is 3. The van der Waals surface area contributed by atoms with E-state index in [0.29, 0.717) is 12.1 Å². The lowest BCUT2D eigenvalue weighted by Gasteiger charge is -2.18. The number of carbonyl (C=O) groups excluding carboxylic acids is 1. The van der Waals surface area contributed by atoms with Crippen molar-refractivity contribution >= 4 is 22.8 Å². The number of alkyl halides is 2. The lowest BCUT2D eigenvalue weighted by Crippen LogP contribution is -2.35. The third-order valence-electron chi connectivity index (χ3n) is 3.70. The van der Waals surface area contributed by atoms with Gasteiger partial charge in [-0.2, -0.15) is 8.78 Å². The summed E-state index contributed by atoms with van der Waals surface area (Å²) in [4.78, 5) is 16.3. The molecule has 0 saturated carbocycles. The molecule has 1 unspecified atom stereocenters. The number of urea groups is 1. The van der Waals surface area contributed by atoms with E-state index < -0.39 is 12.6 Å². The van der Waals surface area contributed by atoms with E-state index in [1.54, 1.807) is 7.11 Å². The minimum atomic E-state index is -2.99. The van der Waals surface area contributed by atoms with Gasteiger partial charge in [0.2, 0.25) is 5.88 Å². The number of rotatable bonds is 7. The summed E-state index contributed by atoms with van der Waals surface area (Å²) in [6, 6.07) is 9.99. The number of nitrogens with zero attached hydrogens (tertiary/aromatic N) is 2. The Bertz CT molecular complexity index is 904. The average molecular weight is 377 g/mol. The average Bonchev–Trinajstić information content (AvgIpc) is 3.03. The molecule has 0 radical (unpaired) electrons. The van der Waals surface area contributed by atoms with E-state index in [0.717, 1.165) is 5.56 Å². The van der Waals surface area contributed by atoms with Crippen LogP contribution in [0.25, 0.3) is 10.9 Å². The van der Waals surface area contributed by atoms with Crippen molar-refractivity contribution in [3.63, 3.8) is 0 Å².